The number of allylic oxidation sites excluding steroid dienone is 9. The van der Waals surface area contributed by atoms with Crippen LogP contribution in [0.15, 0.2) is 60.8 Å². The molecule has 0 aromatic carbocycles. The van der Waals surface area contributed by atoms with Crippen molar-refractivity contribution in [2.75, 3.05) is 40.9 Å². The van der Waals surface area contributed by atoms with Gasteiger partial charge >= 0.3 is 13.8 Å². The Labute approximate surface area is 541 Å². The lowest BCUT2D eigenvalue weighted by Crippen LogP contribution is -2.47. The van der Waals surface area contributed by atoms with Gasteiger partial charge in [0.2, 0.25) is 5.91 Å². The smallest absolute Gasteiger partial charge is 0.456 e. The summed E-state index contributed by atoms with van der Waals surface area (Å²) in [6.07, 6.45) is 86.7. The van der Waals surface area contributed by atoms with Crippen LogP contribution in [0.25, 0.3) is 0 Å². The van der Waals surface area contributed by atoms with E-state index in [0.29, 0.717) is 23.9 Å². The number of amides is 1. The maximum Gasteiger partial charge on any atom is 0.472 e. The van der Waals surface area contributed by atoms with Gasteiger partial charge in [-0.3, -0.25) is 18.6 Å². The first kappa shape index (κ1) is 84.7. The molecule has 87 heavy (non-hydrogen) atoms. The van der Waals surface area contributed by atoms with Crippen LogP contribution < -0.4 is 5.32 Å². The second-order valence-electron chi connectivity index (χ2n) is 26.8. The molecule has 0 aliphatic rings. The van der Waals surface area contributed by atoms with Gasteiger partial charge < -0.3 is 19.4 Å². The summed E-state index contributed by atoms with van der Waals surface area (Å²) in [4.78, 5) is 37.9. The van der Waals surface area contributed by atoms with E-state index in [0.717, 1.165) is 70.6 Å². The van der Waals surface area contributed by atoms with E-state index in [1.54, 1.807) is 0 Å². The van der Waals surface area contributed by atoms with E-state index in [1.165, 1.54) is 263 Å². The van der Waals surface area contributed by atoms with E-state index in [2.05, 4.69) is 74.7 Å². The summed E-state index contributed by atoms with van der Waals surface area (Å²) in [5.41, 5.74) is 0. The average Bonchev–Trinajstić information content (AvgIpc) is 3.70. The molecule has 0 radical (unpaired) electrons. The number of ether oxygens (including phenoxy) is 1. The molecular weight excluding hydrogens is 1100 g/mol. The number of unbranched alkanes of at least 4 members (excludes halogenated alkanes) is 45. The molecule has 9 nitrogen and oxygen atoms in total. The second kappa shape index (κ2) is 66.6. The number of nitrogens with one attached hydrogen (secondary N) is 1. The summed E-state index contributed by atoms with van der Waals surface area (Å²) < 4.78 is 30.9. The predicted octanol–water partition coefficient (Wildman–Crippen LogP) is 24.1. The molecule has 510 valence electrons. The summed E-state index contributed by atoms with van der Waals surface area (Å²) >= 11 is 0. The molecule has 1 amide bonds. The molecule has 0 fully saturated rings. The maximum absolute atomic E-state index is 13.6. The van der Waals surface area contributed by atoms with Gasteiger partial charge in [0.15, 0.2) is 0 Å². The largest absolute Gasteiger partial charge is 0.472 e. The van der Waals surface area contributed by atoms with Gasteiger partial charge in [-0.15, -0.1) is 0 Å². The van der Waals surface area contributed by atoms with Crippen molar-refractivity contribution in [3.63, 3.8) is 0 Å². The number of likely N-dealkylation sites (N-methyl/N-ethyl adjacent to an activating group) is 1. The minimum atomic E-state index is -4.46. The molecule has 0 saturated carbocycles. The van der Waals surface area contributed by atoms with Gasteiger partial charge in [-0.1, -0.05) is 319 Å². The molecule has 0 aromatic heterocycles. The Morgan fingerprint density at radius 1 is 0.402 bits per heavy atom. The Bertz CT molecular complexity index is 1670. The highest BCUT2D eigenvalue weighted by Gasteiger charge is 2.30. The zero-order chi connectivity index (χ0) is 63.5. The second-order valence-corrected chi connectivity index (χ2v) is 28.3. The lowest BCUT2D eigenvalue weighted by atomic mass is 10.0. The number of hydrogen-bond acceptors (Lipinski definition) is 6. The molecule has 0 aromatic rings. The van der Waals surface area contributed by atoms with Crippen LogP contribution in [0.2, 0.25) is 0 Å². The molecule has 3 atom stereocenters. The first-order valence-electron chi connectivity index (χ1n) is 37.6. The minimum absolute atomic E-state index is 0.0405. The molecule has 0 saturated heterocycles. The Kier molecular flexibility index (Phi) is 64.9. The standard InChI is InChI=1S/C77H145N2O7P/c1-7-10-13-16-19-22-25-27-29-31-33-35-37-39-41-43-45-47-49-51-54-57-60-63-66-69-76(80)78-74(73-85-87(82,83)84-72-71-79(4,5)6)75(68-65-62-59-56-53-24-21-18-15-12-9-3)86-77(81)70-67-64-61-58-55-52-50-48-46-44-42-40-38-36-34-32-30-28-26-23-20-17-14-11-8-2/h19,22,27-30,33,35,65,68,74-75H,7-18,20-21,23-26,31-32,34,36-64,66-67,69-73H2,1-6H3,(H-,78,80,82,83)/p+1/b22-19-,29-27-,30-28+,35-33-,68-65+. The molecule has 0 rings (SSSR count). The summed E-state index contributed by atoms with van der Waals surface area (Å²) in [5, 5.41) is 3.08. The number of carbonyl (C=O) groups is 2. The lowest BCUT2D eigenvalue weighted by molar-refractivity contribution is -0.870. The molecule has 10 heteroatoms. The number of phosphoric acid groups is 1. The Morgan fingerprint density at radius 3 is 1.08 bits per heavy atom. The van der Waals surface area contributed by atoms with Crippen molar-refractivity contribution >= 4 is 19.7 Å². The van der Waals surface area contributed by atoms with Gasteiger partial charge in [0.25, 0.3) is 0 Å². The van der Waals surface area contributed by atoms with Crippen molar-refractivity contribution in [3.8, 4) is 0 Å². The highest BCUT2D eigenvalue weighted by Crippen LogP contribution is 2.43. The third kappa shape index (κ3) is 67.9. The molecule has 0 aliphatic carbocycles. The van der Waals surface area contributed by atoms with E-state index in [9.17, 15) is 19.0 Å². The summed E-state index contributed by atoms with van der Waals surface area (Å²) in [6.45, 7) is 7.03. The molecule has 0 bridgehead atoms. The first-order valence-corrected chi connectivity index (χ1v) is 39.1. The van der Waals surface area contributed by atoms with Gasteiger partial charge in [-0.2, -0.15) is 0 Å². The molecule has 0 aliphatic heterocycles. The van der Waals surface area contributed by atoms with Crippen LogP contribution in [0, 0.1) is 0 Å². The van der Waals surface area contributed by atoms with Gasteiger partial charge in [0.05, 0.1) is 33.8 Å². The number of esters is 1. The Morgan fingerprint density at radius 2 is 0.701 bits per heavy atom. The fraction of sp³-hybridized carbons (Fsp3) is 0.844. The molecule has 0 heterocycles. The van der Waals surface area contributed by atoms with Gasteiger partial charge in [-0.05, 0) is 96.0 Å². The number of phosphoric ester groups is 1. The van der Waals surface area contributed by atoms with E-state index >= 15 is 0 Å². The summed E-state index contributed by atoms with van der Waals surface area (Å²) in [7, 11) is 1.51. The van der Waals surface area contributed by atoms with Crippen LogP contribution in [0.3, 0.4) is 0 Å². The van der Waals surface area contributed by atoms with Crippen LogP contribution in [0.1, 0.15) is 367 Å². The van der Waals surface area contributed by atoms with Gasteiger partial charge in [0, 0.05) is 12.8 Å². The number of nitrogens with zero attached hydrogens (tertiary/aromatic N) is 1. The highest BCUT2D eigenvalue weighted by molar-refractivity contribution is 7.47. The van der Waals surface area contributed by atoms with Gasteiger partial charge in [-0.25, -0.2) is 4.57 Å². The topological polar surface area (TPSA) is 111 Å². The van der Waals surface area contributed by atoms with Crippen LogP contribution in [0.4, 0.5) is 0 Å². The van der Waals surface area contributed by atoms with E-state index in [1.807, 2.05) is 33.3 Å². The minimum Gasteiger partial charge on any atom is -0.456 e. The van der Waals surface area contributed by atoms with Crippen molar-refractivity contribution in [2.24, 2.45) is 0 Å². The lowest BCUT2D eigenvalue weighted by Gasteiger charge is -2.27. The zero-order valence-corrected chi connectivity index (χ0v) is 59.4. The highest BCUT2D eigenvalue weighted by atomic mass is 31.2. The molecule has 0 spiro atoms. The van der Waals surface area contributed by atoms with E-state index in [-0.39, 0.29) is 25.1 Å². The molecule has 3 unspecified atom stereocenters. The van der Waals surface area contributed by atoms with Crippen molar-refractivity contribution in [2.45, 2.75) is 380 Å². The third-order valence-corrected chi connectivity index (χ3v) is 17.9. The number of rotatable bonds is 69. The molecular formula is C77H146N2O7P+. The SMILES string of the molecule is CCCCC/C=C\C/C=C\C/C=C\CCCCCCCCCCCCCCC(=O)NC(COP(=O)(O)OCC[N+](C)(C)C)C(/C=C/CCCCCCCCCCC)OC(=O)CCCCCCCCCCCCCCCCC/C=C/CCCCCCCC. The average molecular weight is 1240 g/mol. The van der Waals surface area contributed by atoms with Crippen LogP contribution in [-0.4, -0.2) is 74.3 Å². The van der Waals surface area contributed by atoms with E-state index in [4.69, 9.17) is 13.8 Å². The Balaban J connectivity index is 4.94. The number of quaternary nitrogens is 1. The normalized spacial score (nSPS) is 13.8. The number of carbonyl (C=O) groups excluding carboxylic acids is 2. The van der Waals surface area contributed by atoms with Gasteiger partial charge in [0.1, 0.15) is 19.3 Å². The van der Waals surface area contributed by atoms with Crippen LogP contribution >= 0.6 is 7.82 Å². The Hall–Kier alpha value is -2.29. The monoisotopic (exact) mass is 1240 g/mol. The quantitative estimate of drug-likeness (QED) is 0.0205. The fourth-order valence-electron chi connectivity index (χ4n) is 11.1. The van der Waals surface area contributed by atoms with Crippen molar-refractivity contribution < 1.29 is 37.3 Å². The summed E-state index contributed by atoms with van der Waals surface area (Å²) in [6, 6.07) is -0.850. The number of hydrogen-bond donors (Lipinski definition) is 2. The fourth-order valence-corrected chi connectivity index (χ4v) is 11.9. The third-order valence-electron chi connectivity index (χ3n) is 16.9. The zero-order valence-electron chi connectivity index (χ0n) is 58.5. The predicted molar refractivity (Wildman–Crippen MR) is 378 cm³/mol. The van der Waals surface area contributed by atoms with Crippen molar-refractivity contribution in [3.05, 3.63) is 60.8 Å². The maximum atomic E-state index is 13.6. The van der Waals surface area contributed by atoms with Crippen LogP contribution in [0.5, 0.6) is 0 Å². The van der Waals surface area contributed by atoms with E-state index < -0.39 is 20.0 Å². The van der Waals surface area contributed by atoms with Crippen molar-refractivity contribution in [1.82, 2.24) is 5.32 Å². The van der Waals surface area contributed by atoms with Crippen molar-refractivity contribution in [1.29, 1.82) is 0 Å². The first-order chi connectivity index (χ1) is 42.4. The summed E-state index contributed by atoms with van der Waals surface area (Å²) in [5.74, 6) is -0.492. The van der Waals surface area contributed by atoms with Crippen LogP contribution in [-0.2, 0) is 27.9 Å². The molecule has 2 N–H and O–H groups in total.